The van der Waals surface area contributed by atoms with Gasteiger partial charge in [-0.25, -0.2) is 0 Å². The molecule has 1 saturated heterocycles. The minimum absolute atomic E-state index is 0.0430. The molecular weight excluding hydrogens is 272 g/mol. The first-order chi connectivity index (χ1) is 9.97. The van der Waals surface area contributed by atoms with Gasteiger partial charge in [0.15, 0.2) is 0 Å². The standard InChI is InChI=1S/C15H18N2O4/c1-11-4-2-5-12(8-11)16-9-13(18)17(14(19)10-16)7-3-6-15(20)21/h2,4-5,8H,3,6-7,9-10H2,1H3,(H,20,21). The van der Waals surface area contributed by atoms with Crippen LogP contribution in [0.1, 0.15) is 18.4 Å². The molecule has 6 nitrogen and oxygen atoms in total. The van der Waals surface area contributed by atoms with Crippen molar-refractivity contribution in [2.75, 3.05) is 24.5 Å². The number of benzene rings is 1. The van der Waals surface area contributed by atoms with E-state index in [1.165, 1.54) is 0 Å². The van der Waals surface area contributed by atoms with Crippen LogP contribution in [0.15, 0.2) is 24.3 Å². The van der Waals surface area contributed by atoms with Crippen molar-refractivity contribution in [2.45, 2.75) is 19.8 Å². The number of amides is 2. The van der Waals surface area contributed by atoms with Crippen LogP contribution in [-0.4, -0.2) is 47.4 Å². The van der Waals surface area contributed by atoms with Crippen LogP contribution in [-0.2, 0) is 14.4 Å². The summed E-state index contributed by atoms with van der Waals surface area (Å²) in [5, 5.41) is 8.59. The van der Waals surface area contributed by atoms with E-state index in [0.717, 1.165) is 16.2 Å². The molecule has 0 bridgehead atoms. The number of rotatable bonds is 5. The van der Waals surface area contributed by atoms with Gasteiger partial charge in [-0.3, -0.25) is 19.3 Å². The summed E-state index contributed by atoms with van der Waals surface area (Å²) in [7, 11) is 0. The Bertz CT molecular complexity index is 553. The molecule has 0 unspecified atom stereocenters. The van der Waals surface area contributed by atoms with Crippen molar-refractivity contribution in [3.8, 4) is 0 Å². The summed E-state index contributed by atoms with van der Waals surface area (Å²) in [6.07, 6.45) is 0.246. The van der Waals surface area contributed by atoms with Crippen LogP contribution in [0, 0.1) is 6.92 Å². The Balaban J connectivity index is 2.00. The summed E-state index contributed by atoms with van der Waals surface area (Å²) in [5.74, 6) is -1.48. The van der Waals surface area contributed by atoms with Gasteiger partial charge in [0, 0.05) is 18.7 Å². The summed E-state index contributed by atoms with van der Waals surface area (Å²) in [4.78, 5) is 37.5. The van der Waals surface area contributed by atoms with E-state index in [-0.39, 0.29) is 44.3 Å². The monoisotopic (exact) mass is 290 g/mol. The van der Waals surface area contributed by atoms with Gasteiger partial charge in [0.25, 0.3) is 0 Å². The topological polar surface area (TPSA) is 77.9 Å². The van der Waals surface area contributed by atoms with Gasteiger partial charge in [-0.15, -0.1) is 0 Å². The fourth-order valence-electron chi connectivity index (χ4n) is 2.34. The van der Waals surface area contributed by atoms with Crippen molar-refractivity contribution in [1.29, 1.82) is 0 Å². The number of anilines is 1. The van der Waals surface area contributed by atoms with Gasteiger partial charge >= 0.3 is 5.97 Å². The molecule has 2 rings (SSSR count). The largest absolute Gasteiger partial charge is 0.481 e. The van der Waals surface area contributed by atoms with Crippen LogP contribution in [0.5, 0.6) is 0 Å². The number of carbonyl (C=O) groups excluding carboxylic acids is 2. The predicted octanol–water partition coefficient (Wildman–Crippen LogP) is 1.04. The average molecular weight is 290 g/mol. The molecule has 112 valence electrons. The highest BCUT2D eigenvalue weighted by molar-refractivity contribution is 6.02. The number of hydrogen-bond acceptors (Lipinski definition) is 4. The van der Waals surface area contributed by atoms with E-state index in [9.17, 15) is 14.4 Å². The Labute approximate surface area is 123 Å². The second kappa shape index (κ2) is 6.39. The summed E-state index contributed by atoms with van der Waals surface area (Å²) in [5.41, 5.74) is 1.91. The first-order valence-electron chi connectivity index (χ1n) is 6.84. The third-order valence-corrected chi connectivity index (χ3v) is 3.39. The Morgan fingerprint density at radius 2 is 1.90 bits per heavy atom. The maximum atomic E-state index is 12.1. The molecule has 0 atom stereocenters. The molecule has 1 aliphatic rings. The van der Waals surface area contributed by atoms with E-state index in [1.807, 2.05) is 31.2 Å². The van der Waals surface area contributed by atoms with Gasteiger partial charge in [0.05, 0.1) is 13.1 Å². The van der Waals surface area contributed by atoms with E-state index in [1.54, 1.807) is 4.90 Å². The van der Waals surface area contributed by atoms with Gasteiger partial charge < -0.3 is 10.0 Å². The number of carbonyl (C=O) groups is 3. The molecule has 1 aromatic carbocycles. The van der Waals surface area contributed by atoms with Gasteiger partial charge in [-0.1, -0.05) is 12.1 Å². The Kier molecular flexibility index (Phi) is 4.57. The van der Waals surface area contributed by atoms with E-state index in [4.69, 9.17) is 5.11 Å². The molecule has 2 amide bonds. The van der Waals surface area contributed by atoms with Gasteiger partial charge in [-0.2, -0.15) is 0 Å². The zero-order chi connectivity index (χ0) is 15.4. The highest BCUT2D eigenvalue weighted by Crippen LogP contribution is 2.19. The normalized spacial score (nSPS) is 15.5. The van der Waals surface area contributed by atoms with Crippen molar-refractivity contribution in [3.63, 3.8) is 0 Å². The molecule has 21 heavy (non-hydrogen) atoms. The summed E-state index contributed by atoms with van der Waals surface area (Å²) in [6.45, 7) is 2.41. The van der Waals surface area contributed by atoms with E-state index in [2.05, 4.69) is 0 Å². The molecule has 1 heterocycles. The second-order valence-corrected chi connectivity index (χ2v) is 5.13. The fourth-order valence-corrected chi connectivity index (χ4v) is 2.34. The number of imide groups is 1. The number of carboxylic acids is 1. The van der Waals surface area contributed by atoms with E-state index < -0.39 is 5.97 Å². The van der Waals surface area contributed by atoms with Crippen molar-refractivity contribution < 1.29 is 19.5 Å². The molecule has 1 aliphatic heterocycles. The SMILES string of the molecule is Cc1cccc(N2CC(=O)N(CCCC(=O)O)C(=O)C2)c1. The lowest BCUT2D eigenvalue weighted by Crippen LogP contribution is -2.54. The number of nitrogens with zero attached hydrogens (tertiary/aromatic N) is 2. The molecule has 0 aliphatic carbocycles. The minimum atomic E-state index is -0.923. The predicted molar refractivity (Wildman–Crippen MR) is 77.0 cm³/mol. The van der Waals surface area contributed by atoms with Crippen molar-refractivity contribution >= 4 is 23.5 Å². The highest BCUT2D eigenvalue weighted by Gasteiger charge is 2.30. The number of aliphatic carboxylic acids is 1. The van der Waals surface area contributed by atoms with Crippen molar-refractivity contribution in [1.82, 2.24) is 4.90 Å². The maximum absolute atomic E-state index is 12.1. The van der Waals surface area contributed by atoms with Crippen molar-refractivity contribution in [3.05, 3.63) is 29.8 Å². The molecule has 0 radical (unpaired) electrons. The number of aryl methyl sites for hydroxylation is 1. The smallest absolute Gasteiger partial charge is 0.303 e. The third-order valence-electron chi connectivity index (χ3n) is 3.39. The second-order valence-electron chi connectivity index (χ2n) is 5.13. The molecule has 0 aromatic heterocycles. The third kappa shape index (κ3) is 3.81. The van der Waals surface area contributed by atoms with Crippen LogP contribution in [0.25, 0.3) is 0 Å². The lowest BCUT2D eigenvalue weighted by molar-refractivity contribution is -0.146. The van der Waals surface area contributed by atoms with Crippen LogP contribution in [0.4, 0.5) is 5.69 Å². The minimum Gasteiger partial charge on any atom is -0.481 e. The summed E-state index contributed by atoms with van der Waals surface area (Å²) >= 11 is 0. The molecule has 1 N–H and O–H groups in total. The van der Waals surface area contributed by atoms with Gasteiger partial charge in [0.1, 0.15) is 0 Å². The fraction of sp³-hybridized carbons (Fsp3) is 0.400. The molecule has 0 saturated carbocycles. The Morgan fingerprint density at radius 3 is 2.48 bits per heavy atom. The Hall–Kier alpha value is -2.37. The lowest BCUT2D eigenvalue weighted by Gasteiger charge is -2.34. The molecule has 0 spiro atoms. The molecule has 1 fully saturated rings. The van der Waals surface area contributed by atoms with Gasteiger partial charge in [0.2, 0.25) is 11.8 Å². The molecule has 6 heteroatoms. The van der Waals surface area contributed by atoms with Crippen LogP contribution < -0.4 is 4.90 Å². The first-order valence-corrected chi connectivity index (χ1v) is 6.84. The lowest BCUT2D eigenvalue weighted by atomic mass is 10.1. The zero-order valence-corrected chi connectivity index (χ0v) is 11.9. The summed E-state index contributed by atoms with van der Waals surface area (Å²) in [6, 6.07) is 7.64. The number of piperazine rings is 1. The van der Waals surface area contributed by atoms with E-state index >= 15 is 0 Å². The number of carboxylic acid groups (broad SMARTS) is 1. The van der Waals surface area contributed by atoms with Crippen LogP contribution in [0.3, 0.4) is 0 Å². The summed E-state index contributed by atoms with van der Waals surface area (Å²) < 4.78 is 0. The Morgan fingerprint density at radius 1 is 1.24 bits per heavy atom. The van der Waals surface area contributed by atoms with Crippen LogP contribution >= 0.6 is 0 Å². The zero-order valence-electron chi connectivity index (χ0n) is 11.9. The highest BCUT2D eigenvalue weighted by atomic mass is 16.4. The van der Waals surface area contributed by atoms with Crippen LogP contribution in [0.2, 0.25) is 0 Å². The quantitative estimate of drug-likeness (QED) is 0.820. The van der Waals surface area contributed by atoms with E-state index in [0.29, 0.717) is 0 Å². The maximum Gasteiger partial charge on any atom is 0.303 e. The molecule has 1 aromatic rings. The average Bonchev–Trinajstić information content (AvgIpc) is 2.41. The number of hydrogen-bond donors (Lipinski definition) is 1. The van der Waals surface area contributed by atoms with Crippen molar-refractivity contribution in [2.24, 2.45) is 0 Å². The first kappa shape index (κ1) is 15.0. The molecular formula is C15H18N2O4. The van der Waals surface area contributed by atoms with Gasteiger partial charge in [-0.05, 0) is 31.0 Å².